The predicted octanol–water partition coefficient (Wildman–Crippen LogP) is -0.199. The average Bonchev–Trinajstić information content (AvgIpc) is 2.50. The summed E-state index contributed by atoms with van der Waals surface area (Å²) >= 11 is 3.47. The lowest BCUT2D eigenvalue weighted by atomic mass is 10.2. The van der Waals surface area contributed by atoms with Gasteiger partial charge in [0, 0.05) is 16.5 Å². The van der Waals surface area contributed by atoms with Gasteiger partial charge in [-0.15, -0.1) is 0 Å². The number of hydrogen-bond donors (Lipinski definition) is 2. The molecular weight excluding hydrogens is 252 g/mol. The molecular formula is C12H19BrN2+2. The molecule has 1 atom stereocenters. The molecule has 1 unspecified atom stereocenters. The van der Waals surface area contributed by atoms with Crippen molar-refractivity contribution in [2.75, 3.05) is 26.2 Å². The van der Waals surface area contributed by atoms with E-state index in [4.69, 9.17) is 0 Å². The zero-order chi connectivity index (χ0) is 10.5. The average molecular weight is 271 g/mol. The summed E-state index contributed by atoms with van der Waals surface area (Å²) in [6.45, 7) is 6.40. The van der Waals surface area contributed by atoms with Gasteiger partial charge < -0.3 is 10.2 Å². The van der Waals surface area contributed by atoms with Crippen molar-refractivity contribution in [3.63, 3.8) is 0 Å². The maximum atomic E-state index is 3.47. The number of nitrogens with one attached hydrogen (secondary N) is 1. The first-order valence-electron chi connectivity index (χ1n) is 5.74. The summed E-state index contributed by atoms with van der Waals surface area (Å²) in [4.78, 5) is 1.73. The first-order chi connectivity index (χ1) is 7.34. The van der Waals surface area contributed by atoms with E-state index >= 15 is 0 Å². The number of hydrogen-bond acceptors (Lipinski definition) is 0. The minimum Gasteiger partial charge on any atom is -0.341 e. The summed E-state index contributed by atoms with van der Waals surface area (Å²) in [7, 11) is 0. The minimum absolute atomic E-state index is 1.17. The fraction of sp³-hybridized carbons (Fsp3) is 0.500. The van der Waals surface area contributed by atoms with Gasteiger partial charge in [-0.05, 0) is 12.1 Å². The topological polar surface area (TPSA) is 21.1 Å². The summed E-state index contributed by atoms with van der Waals surface area (Å²) in [5.41, 5.74) is 1.45. The predicted molar refractivity (Wildman–Crippen MR) is 64.8 cm³/mol. The molecule has 82 valence electrons. The van der Waals surface area contributed by atoms with Gasteiger partial charge in [-0.1, -0.05) is 28.1 Å². The van der Waals surface area contributed by atoms with Crippen LogP contribution in [-0.4, -0.2) is 26.2 Å². The molecule has 1 fully saturated rings. The Balaban J connectivity index is 1.92. The monoisotopic (exact) mass is 270 g/mol. The Labute approximate surface area is 99.8 Å². The molecule has 1 aliphatic heterocycles. The van der Waals surface area contributed by atoms with E-state index in [9.17, 15) is 0 Å². The lowest BCUT2D eigenvalue weighted by Gasteiger charge is -2.15. The van der Waals surface area contributed by atoms with Gasteiger partial charge >= 0.3 is 0 Å². The molecule has 15 heavy (non-hydrogen) atoms. The summed E-state index contributed by atoms with van der Waals surface area (Å²) in [5, 5.41) is 2.44. The van der Waals surface area contributed by atoms with E-state index < -0.39 is 0 Å². The van der Waals surface area contributed by atoms with Crippen molar-refractivity contribution in [3.8, 4) is 0 Å². The van der Waals surface area contributed by atoms with Crippen LogP contribution in [-0.2, 0) is 6.54 Å². The first kappa shape index (κ1) is 11.1. The molecule has 0 amide bonds. The summed E-state index contributed by atoms with van der Waals surface area (Å²) < 4.78 is 1.17. The number of halogens is 1. The van der Waals surface area contributed by atoms with E-state index in [1.165, 1.54) is 49.2 Å². The van der Waals surface area contributed by atoms with Crippen LogP contribution in [0.2, 0.25) is 0 Å². The van der Waals surface area contributed by atoms with Crippen LogP contribution < -0.4 is 10.2 Å². The normalized spacial score (nSPS) is 22.3. The number of benzene rings is 1. The fourth-order valence-corrected chi connectivity index (χ4v) is 2.40. The van der Waals surface area contributed by atoms with Gasteiger partial charge in [-0.2, -0.15) is 0 Å². The highest BCUT2D eigenvalue weighted by Crippen LogP contribution is 2.09. The fourth-order valence-electron chi connectivity index (χ4n) is 2.14. The first-order valence-corrected chi connectivity index (χ1v) is 6.53. The van der Waals surface area contributed by atoms with Crippen LogP contribution >= 0.6 is 15.9 Å². The van der Waals surface area contributed by atoms with Gasteiger partial charge in [-0.25, -0.2) is 0 Å². The van der Waals surface area contributed by atoms with Gasteiger partial charge in [0.05, 0.1) is 13.1 Å². The van der Waals surface area contributed by atoms with Crippen LogP contribution in [0.15, 0.2) is 28.7 Å². The Morgan fingerprint density at radius 3 is 2.73 bits per heavy atom. The van der Waals surface area contributed by atoms with Gasteiger partial charge in [0.1, 0.15) is 19.6 Å². The Morgan fingerprint density at radius 1 is 1.13 bits per heavy atom. The standard InChI is InChI=1S/C12H17BrN2/c13-12-4-2-11(3-5-12)10-15-8-1-6-14-7-9-15/h2-5,14H,1,6-10H2/p+2. The van der Waals surface area contributed by atoms with Crippen molar-refractivity contribution in [1.29, 1.82) is 0 Å². The smallest absolute Gasteiger partial charge is 0.127 e. The largest absolute Gasteiger partial charge is 0.341 e. The van der Waals surface area contributed by atoms with E-state index in [-0.39, 0.29) is 0 Å². The zero-order valence-electron chi connectivity index (χ0n) is 9.01. The number of nitrogens with two attached hydrogens (primary N) is 1. The Kier molecular flexibility index (Phi) is 4.18. The van der Waals surface area contributed by atoms with Crippen molar-refractivity contribution < 1.29 is 10.2 Å². The summed E-state index contributed by atoms with van der Waals surface area (Å²) in [6, 6.07) is 8.73. The zero-order valence-corrected chi connectivity index (χ0v) is 10.6. The highest BCUT2D eigenvalue weighted by atomic mass is 79.9. The second kappa shape index (κ2) is 5.64. The van der Waals surface area contributed by atoms with Crippen molar-refractivity contribution in [2.45, 2.75) is 13.0 Å². The molecule has 0 aliphatic carbocycles. The molecule has 1 heterocycles. The Bertz CT molecular complexity index is 289. The molecule has 0 radical (unpaired) electrons. The molecule has 1 aromatic rings. The van der Waals surface area contributed by atoms with E-state index in [0.29, 0.717) is 0 Å². The lowest BCUT2D eigenvalue weighted by molar-refractivity contribution is -0.917. The molecule has 1 aromatic carbocycles. The second-order valence-electron chi connectivity index (χ2n) is 4.27. The lowest BCUT2D eigenvalue weighted by Crippen LogP contribution is -3.12. The summed E-state index contributed by atoms with van der Waals surface area (Å²) in [5.74, 6) is 0. The van der Waals surface area contributed by atoms with Gasteiger partial charge in [0.2, 0.25) is 0 Å². The van der Waals surface area contributed by atoms with Crippen molar-refractivity contribution in [2.24, 2.45) is 0 Å². The van der Waals surface area contributed by atoms with E-state index in [2.05, 4.69) is 45.5 Å². The maximum absolute atomic E-state index is 3.47. The van der Waals surface area contributed by atoms with Crippen molar-refractivity contribution in [1.82, 2.24) is 0 Å². The quantitative estimate of drug-likeness (QED) is 0.743. The summed E-state index contributed by atoms with van der Waals surface area (Å²) in [6.07, 6.45) is 1.35. The third-order valence-electron chi connectivity index (χ3n) is 3.01. The minimum atomic E-state index is 1.17. The molecule has 1 aliphatic rings. The maximum Gasteiger partial charge on any atom is 0.127 e. The number of quaternary nitrogens is 2. The molecule has 0 saturated carbocycles. The van der Waals surface area contributed by atoms with Crippen LogP contribution in [0.4, 0.5) is 0 Å². The SMILES string of the molecule is Brc1ccc(C[NH+]2CCC[NH2+]CC2)cc1. The molecule has 3 heteroatoms. The van der Waals surface area contributed by atoms with Crippen molar-refractivity contribution in [3.05, 3.63) is 34.3 Å². The third-order valence-corrected chi connectivity index (χ3v) is 3.54. The van der Waals surface area contributed by atoms with E-state index in [1.807, 2.05) is 0 Å². The molecule has 2 nitrogen and oxygen atoms in total. The van der Waals surface area contributed by atoms with Crippen LogP contribution in [0.25, 0.3) is 0 Å². The van der Waals surface area contributed by atoms with Gasteiger partial charge in [0.25, 0.3) is 0 Å². The van der Waals surface area contributed by atoms with E-state index in [0.717, 1.165) is 0 Å². The molecule has 2 rings (SSSR count). The van der Waals surface area contributed by atoms with Crippen LogP contribution in [0.1, 0.15) is 12.0 Å². The van der Waals surface area contributed by atoms with Gasteiger partial charge in [-0.3, -0.25) is 0 Å². The molecule has 0 aromatic heterocycles. The Morgan fingerprint density at radius 2 is 1.93 bits per heavy atom. The second-order valence-corrected chi connectivity index (χ2v) is 5.19. The third kappa shape index (κ3) is 3.59. The molecule has 1 saturated heterocycles. The Hall–Kier alpha value is -0.380. The van der Waals surface area contributed by atoms with Gasteiger partial charge in [0.15, 0.2) is 0 Å². The van der Waals surface area contributed by atoms with Crippen LogP contribution in [0.3, 0.4) is 0 Å². The molecule has 3 N–H and O–H groups in total. The highest BCUT2D eigenvalue weighted by molar-refractivity contribution is 9.10. The van der Waals surface area contributed by atoms with Crippen LogP contribution in [0, 0.1) is 0 Å². The van der Waals surface area contributed by atoms with Crippen molar-refractivity contribution >= 4 is 15.9 Å². The molecule has 0 bridgehead atoms. The van der Waals surface area contributed by atoms with E-state index in [1.54, 1.807) is 4.90 Å². The number of rotatable bonds is 2. The molecule has 0 spiro atoms. The van der Waals surface area contributed by atoms with Crippen LogP contribution in [0.5, 0.6) is 0 Å². The highest BCUT2D eigenvalue weighted by Gasteiger charge is 2.13.